The standard InChI is InChI=1S/C46H70N14O8/c1-28(2)26-34(55-38(62)22-19-29-12-5-3-6-13-29)41(65)59-35(27-30-14-7-4-8-15-30)42(66)58-33(17-10-24-54-46(51)52)44(68)60-25-11-18-36(60)43(67)57-32(16-9-23-53-45(49)50)40(64)56-31(39(48)63)20-21-37(47)61/h3-8,12-15,28,31-36H,9-11,16-27H2,1-2H3,(H2,47,61)(H2,48,63)(H,55,62)(H,56,64)(H,57,67)(H,58,66)(H,59,65)(H4,49,50,53)(H4,51,52,54)/t31-,32-,33-,34-,35-,36-/m0/s1. The smallest absolute Gasteiger partial charge is 0.245 e. The van der Waals surface area contributed by atoms with Crippen molar-refractivity contribution in [2.75, 3.05) is 19.6 Å². The summed E-state index contributed by atoms with van der Waals surface area (Å²) in [6.45, 7) is 4.16. The second-order valence-corrected chi connectivity index (χ2v) is 17.2. The Morgan fingerprint density at radius 1 is 0.618 bits per heavy atom. The third-order valence-corrected chi connectivity index (χ3v) is 11.1. The first-order chi connectivity index (χ1) is 32.3. The zero-order chi connectivity index (χ0) is 50.2. The molecule has 0 aromatic heterocycles. The molecule has 3 rings (SSSR count). The number of carbonyl (C=O) groups excluding carboxylic acids is 8. The molecule has 1 heterocycles. The van der Waals surface area contributed by atoms with Crippen LogP contribution in [0.5, 0.6) is 0 Å². The van der Waals surface area contributed by atoms with Crippen LogP contribution in [-0.2, 0) is 51.2 Å². The fourth-order valence-electron chi connectivity index (χ4n) is 7.62. The van der Waals surface area contributed by atoms with Gasteiger partial charge in [0, 0.05) is 38.9 Å². The number of primary amides is 2. The van der Waals surface area contributed by atoms with Gasteiger partial charge in [-0.3, -0.25) is 48.3 Å². The summed E-state index contributed by atoms with van der Waals surface area (Å²) in [6.07, 6.45) is 1.59. The summed E-state index contributed by atoms with van der Waals surface area (Å²) in [6, 6.07) is 11.4. The number of rotatable bonds is 29. The molecule has 22 heteroatoms. The fourth-order valence-corrected chi connectivity index (χ4v) is 7.62. The monoisotopic (exact) mass is 947 g/mol. The van der Waals surface area contributed by atoms with E-state index in [-0.39, 0.29) is 108 Å². The van der Waals surface area contributed by atoms with E-state index in [2.05, 4.69) is 36.6 Å². The molecule has 1 aliphatic rings. The maximum Gasteiger partial charge on any atom is 0.245 e. The van der Waals surface area contributed by atoms with Crippen LogP contribution in [0.25, 0.3) is 0 Å². The highest BCUT2D eigenvalue weighted by Gasteiger charge is 2.40. The van der Waals surface area contributed by atoms with E-state index in [1.807, 2.05) is 44.2 Å². The summed E-state index contributed by atoms with van der Waals surface area (Å²) in [5, 5.41) is 13.7. The third kappa shape index (κ3) is 20.1. The first-order valence-electron chi connectivity index (χ1n) is 22.9. The molecule has 0 saturated carbocycles. The molecule has 1 aliphatic heterocycles. The molecule has 17 N–H and O–H groups in total. The lowest BCUT2D eigenvalue weighted by molar-refractivity contribution is -0.142. The van der Waals surface area contributed by atoms with E-state index in [4.69, 9.17) is 34.4 Å². The second-order valence-electron chi connectivity index (χ2n) is 17.2. The predicted molar refractivity (Wildman–Crippen MR) is 256 cm³/mol. The van der Waals surface area contributed by atoms with Crippen molar-refractivity contribution in [1.29, 1.82) is 0 Å². The lowest BCUT2D eigenvalue weighted by Gasteiger charge is -2.31. The highest BCUT2D eigenvalue weighted by atomic mass is 16.2. The molecule has 0 bridgehead atoms. The van der Waals surface area contributed by atoms with Crippen LogP contribution < -0.4 is 61.0 Å². The molecule has 1 saturated heterocycles. The highest BCUT2D eigenvalue weighted by Crippen LogP contribution is 2.21. The van der Waals surface area contributed by atoms with Crippen molar-refractivity contribution in [3.8, 4) is 0 Å². The minimum atomic E-state index is -1.28. The van der Waals surface area contributed by atoms with Crippen molar-refractivity contribution < 1.29 is 38.4 Å². The number of benzene rings is 2. The molecule has 8 amide bonds. The number of likely N-dealkylation sites (tertiary alicyclic amines) is 1. The maximum absolute atomic E-state index is 14.6. The number of guanidine groups is 2. The summed E-state index contributed by atoms with van der Waals surface area (Å²) in [5.41, 5.74) is 34.4. The molecule has 2 aromatic rings. The average molecular weight is 947 g/mol. The largest absolute Gasteiger partial charge is 0.370 e. The first kappa shape index (κ1) is 55.1. The van der Waals surface area contributed by atoms with Crippen LogP contribution in [0, 0.1) is 5.92 Å². The molecular weight excluding hydrogens is 877 g/mol. The van der Waals surface area contributed by atoms with Crippen LogP contribution in [0.4, 0.5) is 0 Å². The molecule has 372 valence electrons. The van der Waals surface area contributed by atoms with E-state index in [0.29, 0.717) is 18.4 Å². The van der Waals surface area contributed by atoms with Gasteiger partial charge in [0.05, 0.1) is 0 Å². The van der Waals surface area contributed by atoms with E-state index in [9.17, 15) is 38.4 Å². The number of hydrogen-bond donors (Lipinski definition) is 11. The highest BCUT2D eigenvalue weighted by molar-refractivity contribution is 5.97. The van der Waals surface area contributed by atoms with Gasteiger partial charge in [-0.1, -0.05) is 74.5 Å². The van der Waals surface area contributed by atoms with Crippen molar-refractivity contribution in [2.24, 2.45) is 50.3 Å². The van der Waals surface area contributed by atoms with Crippen molar-refractivity contribution in [3.05, 3.63) is 71.8 Å². The van der Waals surface area contributed by atoms with Crippen LogP contribution in [-0.4, -0.2) is 120 Å². The minimum absolute atomic E-state index is 0.00368. The number of aryl methyl sites for hydroxylation is 1. The molecule has 0 aliphatic carbocycles. The predicted octanol–water partition coefficient (Wildman–Crippen LogP) is -1.82. The lowest BCUT2D eigenvalue weighted by Crippen LogP contribution is -2.59. The van der Waals surface area contributed by atoms with Crippen LogP contribution in [0.15, 0.2) is 70.6 Å². The van der Waals surface area contributed by atoms with Gasteiger partial charge in [0.15, 0.2) is 11.9 Å². The van der Waals surface area contributed by atoms with Crippen molar-refractivity contribution in [2.45, 2.75) is 127 Å². The second kappa shape index (κ2) is 28.7. The SMILES string of the molecule is CC(C)C[C@H](NC(=O)CCc1ccccc1)C(=O)N[C@@H](Cc1ccccc1)C(=O)N[C@@H](CCCN=C(N)N)C(=O)N1CCC[C@H]1C(=O)N[C@@H](CCCN=C(N)N)C(=O)N[C@@H](CCC(N)=O)C(N)=O. The summed E-state index contributed by atoms with van der Waals surface area (Å²) in [7, 11) is 0. The van der Waals surface area contributed by atoms with E-state index >= 15 is 0 Å². The summed E-state index contributed by atoms with van der Waals surface area (Å²) < 4.78 is 0. The van der Waals surface area contributed by atoms with Gasteiger partial charge >= 0.3 is 0 Å². The van der Waals surface area contributed by atoms with Crippen LogP contribution >= 0.6 is 0 Å². The Balaban J connectivity index is 1.88. The Morgan fingerprint density at radius 2 is 1.15 bits per heavy atom. The molecule has 2 aromatic carbocycles. The van der Waals surface area contributed by atoms with Gasteiger partial charge < -0.3 is 65.9 Å². The molecular formula is C46H70N14O8. The van der Waals surface area contributed by atoms with E-state index in [0.717, 1.165) is 5.56 Å². The molecule has 0 spiro atoms. The van der Waals surface area contributed by atoms with Gasteiger partial charge in [-0.2, -0.15) is 0 Å². The number of nitrogens with zero attached hydrogens (tertiary/aromatic N) is 3. The average Bonchev–Trinajstić information content (AvgIpc) is 3.79. The Hall–Kier alpha value is -7.26. The lowest BCUT2D eigenvalue weighted by atomic mass is 10.00. The number of aliphatic imine (C=N–C) groups is 2. The molecule has 6 atom stereocenters. The molecule has 1 fully saturated rings. The zero-order valence-electron chi connectivity index (χ0n) is 39.0. The Kier molecular flexibility index (Phi) is 23.2. The van der Waals surface area contributed by atoms with Crippen molar-refractivity contribution in [1.82, 2.24) is 31.5 Å². The van der Waals surface area contributed by atoms with Gasteiger partial charge in [-0.25, -0.2) is 0 Å². The Bertz CT molecular complexity index is 2060. The number of amides is 8. The number of nitrogens with one attached hydrogen (secondary N) is 5. The topological polar surface area (TPSA) is 381 Å². The maximum atomic E-state index is 14.6. The van der Waals surface area contributed by atoms with Crippen LogP contribution in [0.1, 0.15) is 89.2 Å². The number of hydrogen-bond acceptors (Lipinski definition) is 10. The number of carbonyl (C=O) groups is 8. The van der Waals surface area contributed by atoms with Crippen molar-refractivity contribution >= 4 is 59.2 Å². The molecule has 0 unspecified atom stereocenters. The molecule has 68 heavy (non-hydrogen) atoms. The van der Waals surface area contributed by atoms with Gasteiger partial charge in [0.25, 0.3) is 0 Å². The summed E-state index contributed by atoms with van der Waals surface area (Å²) in [4.78, 5) is 117. The summed E-state index contributed by atoms with van der Waals surface area (Å²) in [5.74, 6) is -5.69. The van der Waals surface area contributed by atoms with Gasteiger partial charge in [-0.15, -0.1) is 0 Å². The first-order valence-corrected chi connectivity index (χ1v) is 22.9. The van der Waals surface area contributed by atoms with Gasteiger partial charge in [-0.05, 0) is 74.8 Å². The Labute approximate surface area is 397 Å². The minimum Gasteiger partial charge on any atom is -0.370 e. The Morgan fingerprint density at radius 3 is 1.71 bits per heavy atom. The zero-order valence-corrected chi connectivity index (χ0v) is 39.0. The van der Waals surface area contributed by atoms with Gasteiger partial charge in [0.1, 0.15) is 36.3 Å². The third-order valence-electron chi connectivity index (χ3n) is 11.1. The van der Waals surface area contributed by atoms with Crippen LogP contribution in [0.3, 0.4) is 0 Å². The van der Waals surface area contributed by atoms with Gasteiger partial charge in [0.2, 0.25) is 47.3 Å². The number of nitrogens with two attached hydrogens (primary N) is 6. The van der Waals surface area contributed by atoms with Crippen molar-refractivity contribution in [3.63, 3.8) is 0 Å². The van der Waals surface area contributed by atoms with E-state index < -0.39 is 77.6 Å². The van der Waals surface area contributed by atoms with E-state index in [1.165, 1.54) is 4.90 Å². The molecule has 22 nitrogen and oxygen atoms in total. The quantitative estimate of drug-likeness (QED) is 0.0244. The normalized spacial score (nSPS) is 15.3. The van der Waals surface area contributed by atoms with E-state index in [1.54, 1.807) is 30.3 Å². The fraction of sp³-hybridized carbons (Fsp3) is 0.522. The summed E-state index contributed by atoms with van der Waals surface area (Å²) >= 11 is 0. The molecule has 0 radical (unpaired) electrons. The van der Waals surface area contributed by atoms with Crippen LogP contribution in [0.2, 0.25) is 0 Å².